The molecule has 3 rings (SSSR count). The van der Waals surface area contributed by atoms with E-state index in [1.54, 1.807) is 30.2 Å². The molecule has 0 aliphatic rings. The SMILES string of the molecule is CC(C)Sc1nnc(CSc2ncccn2)n1-c1ccc(Cl)cc1. The summed E-state index contributed by atoms with van der Waals surface area (Å²) in [6, 6.07) is 9.50. The Morgan fingerprint density at radius 1 is 1.08 bits per heavy atom. The summed E-state index contributed by atoms with van der Waals surface area (Å²) in [5, 5.41) is 11.4. The second kappa shape index (κ2) is 8.00. The maximum absolute atomic E-state index is 6.01. The summed E-state index contributed by atoms with van der Waals surface area (Å²) in [5.41, 5.74) is 0.997. The third-order valence-corrected chi connectivity index (χ3v) is 5.07. The lowest BCUT2D eigenvalue weighted by atomic mass is 10.3. The van der Waals surface area contributed by atoms with Gasteiger partial charge in [0.2, 0.25) is 0 Å². The quantitative estimate of drug-likeness (QED) is 0.465. The van der Waals surface area contributed by atoms with Crippen molar-refractivity contribution in [3.63, 3.8) is 0 Å². The van der Waals surface area contributed by atoms with Crippen molar-refractivity contribution < 1.29 is 0 Å². The molecule has 8 heteroatoms. The summed E-state index contributed by atoms with van der Waals surface area (Å²) in [4.78, 5) is 8.47. The molecule has 5 nitrogen and oxygen atoms in total. The van der Waals surface area contributed by atoms with Gasteiger partial charge in [-0.2, -0.15) is 0 Å². The summed E-state index contributed by atoms with van der Waals surface area (Å²) in [5.74, 6) is 1.50. The molecule has 0 aliphatic heterocycles. The molecule has 0 saturated heterocycles. The van der Waals surface area contributed by atoms with Crippen LogP contribution in [-0.4, -0.2) is 30.0 Å². The van der Waals surface area contributed by atoms with Crippen LogP contribution in [-0.2, 0) is 5.75 Å². The highest BCUT2D eigenvalue weighted by atomic mass is 35.5. The van der Waals surface area contributed by atoms with Gasteiger partial charge in [-0.05, 0) is 30.3 Å². The fraction of sp³-hybridized carbons (Fsp3) is 0.250. The van der Waals surface area contributed by atoms with E-state index in [-0.39, 0.29) is 0 Å². The fourth-order valence-electron chi connectivity index (χ4n) is 2.02. The number of thioether (sulfide) groups is 2. The molecule has 3 aromatic rings. The third-order valence-electron chi connectivity index (χ3n) is 3.00. The van der Waals surface area contributed by atoms with Gasteiger partial charge in [0.15, 0.2) is 10.3 Å². The molecule has 0 fully saturated rings. The molecule has 2 aromatic heterocycles. The Hall–Kier alpha value is -1.57. The maximum Gasteiger partial charge on any atom is 0.196 e. The first kappa shape index (κ1) is 17.3. The van der Waals surface area contributed by atoms with Gasteiger partial charge in [0, 0.05) is 28.4 Å². The first-order valence-electron chi connectivity index (χ1n) is 7.40. The Morgan fingerprint density at radius 3 is 2.46 bits per heavy atom. The van der Waals surface area contributed by atoms with Crippen molar-refractivity contribution in [1.82, 2.24) is 24.7 Å². The van der Waals surface area contributed by atoms with Crippen molar-refractivity contribution >= 4 is 35.1 Å². The molecule has 0 radical (unpaired) electrons. The van der Waals surface area contributed by atoms with Crippen LogP contribution in [0.2, 0.25) is 5.02 Å². The second-order valence-corrected chi connectivity index (χ2v) is 8.12. The molecule has 0 spiro atoms. The van der Waals surface area contributed by atoms with Crippen molar-refractivity contribution in [3.05, 3.63) is 53.6 Å². The van der Waals surface area contributed by atoms with E-state index in [4.69, 9.17) is 11.6 Å². The van der Waals surface area contributed by atoms with E-state index in [0.29, 0.717) is 16.0 Å². The van der Waals surface area contributed by atoms with E-state index in [9.17, 15) is 0 Å². The molecular weight excluding hydrogens is 362 g/mol. The number of nitrogens with zero attached hydrogens (tertiary/aromatic N) is 5. The average Bonchev–Trinajstić information content (AvgIpc) is 2.96. The number of aromatic nitrogens is 5. The predicted octanol–water partition coefficient (Wildman–Crippen LogP) is 4.50. The zero-order chi connectivity index (χ0) is 16.9. The van der Waals surface area contributed by atoms with Crippen LogP contribution >= 0.6 is 35.1 Å². The highest BCUT2D eigenvalue weighted by molar-refractivity contribution is 7.99. The lowest BCUT2D eigenvalue weighted by Crippen LogP contribution is -2.03. The van der Waals surface area contributed by atoms with Crippen LogP contribution in [0.5, 0.6) is 0 Å². The van der Waals surface area contributed by atoms with Gasteiger partial charge in [-0.25, -0.2) is 9.97 Å². The molecule has 0 aliphatic carbocycles. The van der Waals surface area contributed by atoms with Crippen LogP contribution in [0.25, 0.3) is 5.69 Å². The molecule has 0 unspecified atom stereocenters. The highest BCUT2D eigenvalue weighted by Crippen LogP contribution is 2.28. The summed E-state index contributed by atoms with van der Waals surface area (Å²) < 4.78 is 2.07. The molecule has 2 heterocycles. The van der Waals surface area contributed by atoms with E-state index in [0.717, 1.165) is 21.8 Å². The monoisotopic (exact) mass is 377 g/mol. The molecule has 0 bridgehead atoms. The predicted molar refractivity (Wildman–Crippen MR) is 99.0 cm³/mol. The molecule has 24 heavy (non-hydrogen) atoms. The number of hydrogen-bond donors (Lipinski definition) is 0. The number of rotatable bonds is 6. The van der Waals surface area contributed by atoms with E-state index in [1.165, 1.54) is 11.8 Å². The van der Waals surface area contributed by atoms with Gasteiger partial charge in [0.1, 0.15) is 5.82 Å². The van der Waals surface area contributed by atoms with Crippen LogP contribution in [0.15, 0.2) is 53.0 Å². The zero-order valence-electron chi connectivity index (χ0n) is 13.3. The summed E-state index contributed by atoms with van der Waals surface area (Å²) in [7, 11) is 0. The van der Waals surface area contributed by atoms with Gasteiger partial charge in [-0.3, -0.25) is 4.57 Å². The lowest BCUT2D eigenvalue weighted by Gasteiger charge is -2.11. The van der Waals surface area contributed by atoms with E-state index >= 15 is 0 Å². The molecule has 0 atom stereocenters. The van der Waals surface area contributed by atoms with Crippen LogP contribution in [0.3, 0.4) is 0 Å². The highest BCUT2D eigenvalue weighted by Gasteiger charge is 2.16. The standard InChI is InChI=1S/C16H16ClN5S2/c1-11(2)24-16-21-20-14(10-23-15-18-8-3-9-19-15)22(16)13-6-4-12(17)5-7-13/h3-9,11H,10H2,1-2H3. The van der Waals surface area contributed by atoms with Crippen molar-refractivity contribution in [2.75, 3.05) is 0 Å². The van der Waals surface area contributed by atoms with Gasteiger partial charge >= 0.3 is 0 Å². The Bertz CT molecular complexity index is 790. The first-order chi connectivity index (χ1) is 11.6. The number of halogens is 1. The van der Waals surface area contributed by atoms with Gasteiger partial charge in [0.05, 0.1) is 5.75 Å². The fourth-order valence-corrected chi connectivity index (χ4v) is 3.69. The van der Waals surface area contributed by atoms with Crippen LogP contribution in [0, 0.1) is 0 Å². The number of hydrogen-bond acceptors (Lipinski definition) is 6. The summed E-state index contributed by atoms with van der Waals surface area (Å²) in [6.45, 7) is 4.27. The smallest absolute Gasteiger partial charge is 0.196 e. The molecule has 0 N–H and O–H groups in total. The van der Waals surface area contributed by atoms with Gasteiger partial charge < -0.3 is 0 Å². The van der Waals surface area contributed by atoms with Crippen LogP contribution in [0.1, 0.15) is 19.7 Å². The minimum absolute atomic E-state index is 0.415. The van der Waals surface area contributed by atoms with Crippen molar-refractivity contribution in [2.45, 2.75) is 35.2 Å². The molecular formula is C16H16ClN5S2. The second-order valence-electron chi connectivity index (χ2n) is 5.20. The zero-order valence-corrected chi connectivity index (χ0v) is 15.6. The van der Waals surface area contributed by atoms with Crippen molar-refractivity contribution in [1.29, 1.82) is 0 Å². The average molecular weight is 378 g/mol. The Labute approximate surface area is 154 Å². The summed E-state index contributed by atoms with van der Waals surface area (Å²) in [6.07, 6.45) is 3.47. The van der Waals surface area contributed by atoms with E-state index in [1.807, 2.05) is 24.3 Å². The van der Waals surface area contributed by atoms with Gasteiger partial charge in [-0.1, -0.05) is 49.0 Å². The number of benzene rings is 1. The largest absolute Gasteiger partial charge is 0.273 e. The Morgan fingerprint density at radius 2 is 1.79 bits per heavy atom. The lowest BCUT2D eigenvalue weighted by molar-refractivity contribution is 0.858. The minimum Gasteiger partial charge on any atom is -0.273 e. The van der Waals surface area contributed by atoms with Gasteiger partial charge in [0.25, 0.3) is 0 Å². The normalized spacial score (nSPS) is 11.2. The van der Waals surface area contributed by atoms with Crippen LogP contribution in [0.4, 0.5) is 0 Å². The first-order valence-corrected chi connectivity index (χ1v) is 9.64. The maximum atomic E-state index is 6.01. The van der Waals surface area contributed by atoms with Crippen LogP contribution < -0.4 is 0 Å². The topological polar surface area (TPSA) is 56.5 Å². The minimum atomic E-state index is 0.415. The molecule has 0 saturated carbocycles. The third kappa shape index (κ3) is 4.28. The Balaban J connectivity index is 1.90. The summed E-state index contributed by atoms with van der Waals surface area (Å²) >= 11 is 9.23. The van der Waals surface area contributed by atoms with E-state index in [2.05, 4.69) is 38.6 Å². The molecule has 0 amide bonds. The van der Waals surface area contributed by atoms with Gasteiger partial charge in [-0.15, -0.1) is 10.2 Å². The van der Waals surface area contributed by atoms with Crippen molar-refractivity contribution in [2.24, 2.45) is 0 Å². The Kier molecular flexibility index (Phi) is 5.76. The van der Waals surface area contributed by atoms with Crippen molar-refractivity contribution in [3.8, 4) is 5.69 Å². The molecule has 1 aromatic carbocycles. The molecule has 124 valence electrons. The van der Waals surface area contributed by atoms with E-state index < -0.39 is 0 Å².